The molecule has 0 spiro atoms. The number of guanidine groups is 1. The number of aliphatic imine (C=N–C) groups is 1. The molecule has 0 aromatic carbocycles. The zero-order valence-electron chi connectivity index (χ0n) is 12.9. The van der Waals surface area contributed by atoms with E-state index in [9.17, 15) is 8.42 Å². The summed E-state index contributed by atoms with van der Waals surface area (Å²) in [5.74, 6) is 1.35. The average Bonchev–Trinajstić information content (AvgIpc) is 2.98. The molecule has 1 aromatic heterocycles. The van der Waals surface area contributed by atoms with Gasteiger partial charge < -0.3 is 10.6 Å². The van der Waals surface area contributed by atoms with Gasteiger partial charge in [0.2, 0.25) is 0 Å². The Morgan fingerprint density at radius 3 is 2.71 bits per heavy atom. The lowest BCUT2D eigenvalue weighted by atomic mass is 10.1. The lowest BCUT2D eigenvalue weighted by Crippen LogP contribution is -2.40. The van der Waals surface area contributed by atoms with Crippen molar-refractivity contribution in [3.8, 4) is 0 Å². The summed E-state index contributed by atoms with van der Waals surface area (Å²) >= 11 is 1.73. The molecule has 2 N–H and O–H groups in total. The number of nitrogens with zero attached hydrogens (tertiary/aromatic N) is 1. The number of nitrogens with one attached hydrogen (secondary N) is 2. The molecule has 0 saturated carbocycles. The summed E-state index contributed by atoms with van der Waals surface area (Å²) in [5, 5.41) is 8.27. The molecule has 0 radical (unpaired) electrons. The smallest absolute Gasteiger partial charge is 0.191 e. The largest absolute Gasteiger partial charge is 0.357 e. The molecule has 0 fully saturated rings. The molecule has 1 atom stereocenters. The summed E-state index contributed by atoms with van der Waals surface area (Å²) in [6.07, 6.45) is 0. The Labute approximate surface area is 131 Å². The van der Waals surface area contributed by atoms with Gasteiger partial charge in [-0.1, -0.05) is 19.9 Å². The van der Waals surface area contributed by atoms with Crippen LogP contribution in [-0.2, 0) is 9.84 Å². The van der Waals surface area contributed by atoms with E-state index in [1.165, 1.54) is 4.88 Å². The number of rotatable bonds is 8. The third kappa shape index (κ3) is 6.95. The molecule has 0 saturated heterocycles. The SMILES string of the molecule is CCNC(=NCC(C)c1cccs1)NCCS(=O)(=O)CC. The fraction of sp³-hybridized carbons (Fsp3) is 0.643. The minimum Gasteiger partial charge on any atom is -0.357 e. The molecule has 0 aliphatic heterocycles. The van der Waals surface area contributed by atoms with E-state index < -0.39 is 9.84 Å². The molecule has 21 heavy (non-hydrogen) atoms. The zero-order valence-corrected chi connectivity index (χ0v) is 14.6. The summed E-state index contributed by atoms with van der Waals surface area (Å²) in [6.45, 7) is 7.60. The maximum absolute atomic E-state index is 11.5. The van der Waals surface area contributed by atoms with E-state index in [4.69, 9.17) is 0 Å². The molecular weight excluding hydrogens is 306 g/mol. The van der Waals surface area contributed by atoms with Crippen LogP contribution < -0.4 is 10.6 Å². The first-order valence-corrected chi connectivity index (χ1v) is 9.94. The van der Waals surface area contributed by atoms with E-state index in [1.54, 1.807) is 18.3 Å². The first kappa shape index (κ1) is 18.0. The van der Waals surface area contributed by atoms with Gasteiger partial charge in [0.25, 0.3) is 0 Å². The standard InChI is InChI=1S/C14H25N3O2S2/c1-4-15-14(16-8-10-21(18,19)5-2)17-11-12(3)13-7-6-9-20-13/h6-7,9,12H,4-5,8,10-11H2,1-3H3,(H2,15,16,17). The quantitative estimate of drug-likeness (QED) is 0.563. The Bertz CT molecular complexity index is 524. The van der Waals surface area contributed by atoms with Gasteiger partial charge in [0.05, 0.1) is 12.3 Å². The van der Waals surface area contributed by atoms with Gasteiger partial charge in [-0.05, 0) is 18.4 Å². The Morgan fingerprint density at radius 2 is 2.14 bits per heavy atom. The minimum absolute atomic E-state index is 0.133. The van der Waals surface area contributed by atoms with Crippen LogP contribution in [0.5, 0.6) is 0 Å². The topological polar surface area (TPSA) is 70.6 Å². The van der Waals surface area contributed by atoms with Crippen LogP contribution in [0.4, 0.5) is 0 Å². The lowest BCUT2D eigenvalue weighted by molar-refractivity contribution is 0.595. The molecule has 0 amide bonds. The number of sulfone groups is 1. The van der Waals surface area contributed by atoms with Crippen LogP contribution >= 0.6 is 11.3 Å². The Morgan fingerprint density at radius 1 is 1.38 bits per heavy atom. The van der Waals surface area contributed by atoms with Gasteiger partial charge in [0.1, 0.15) is 0 Å². The minimum atomic E-state index is -2.94. The summed E-state index contributed by atoms with van der Waals surface area (Å²) in [5.41, 5.74) is 0. The van der Waals surface area contributed by atoms with Gasteiger partial charge in [0, 0.05) is 29.6 Å². The molecule has 7 heteroatoms. The van der Waals surface area contributed by atoms with Crippen molar-refractivity contribution >= 4 is 27.1 Å². The molecule has 120 valence electrons. The van der Waals surface area contributed by atoms with Crippen molar-refractivity contribution in [2.24, 2.45) is 4.99 Å². The number of hydrogen-bond donors (Lipinski definition) is 2. The van der Waals surface area contributed by atoms with Crippen molar-refractivity contribution in [2.45, 2.75) is 26.7 Å². The van der Waals surface area contributed by atoms with Crippen LogP contribution in [0.3, 0.4) is 0 Å². The van der Waals surface area contributed by atoms with Crippen LogP contribution in [0.15, 0.2) is 22.5 Å². The first-order chi connectivity index (χ1) is 9.98. The van der Waals surface area contributed by atoms with Crippen molar-refractivity contribution in [1.82, 2.24) is 10.6 Å². The zero-order chi connectivity index (χ0) is 15.7. The highest BCUT2D eigenvalue weighted by Crippen LogP contribution is 2.20. The third-order valence-electron chi connectivity index (χ3n) is 3.04. The van der Waals surface area contributed by atoms with Crippen LogP contribution in [0.2, 0.25) is 0 Å². The maximum atomic E-state index is 11.5. The molecule has 1 unspecified atom stereocenters. The van der Waals surface area contributed by atoms with Crippen molar-refractivity contribution in [1.29, 1.82) is 0 Å². The van der Waals surface area contributed by atoms with Crippen molar-refractivity contribution in [3.05, 3.63) is 22.4 Å². The second kappa shape index (κ2) is 9.04. The predicted octanol–water partition coefficient (Wildman–Crippen LogP) is 1.84. The van der Waals surface area contributed by atoms with Crippen LogP contribution in [-0.4, -0.2) is 45.5 Å². The molecule has 0 bridgehead atoms. The lowest BCUT2D eigenvalue weighted by Gasteiger charge is -2.12. The molecule has 1 heterocycles. The summed E-state index contributed by atoms with van der Waals surface area (Å²) < 4.78 is 22.9. The van der Waals surface area contributed by atoms with Crippen molar-refractivity contribution in [2.75, 3.05) is 31.1 Å². The Balaban J connectivity index is 2.50. The van der Waals surface area contributed by atoms with Crippen molar-refractivity contribution < 1.29 is 8.42 Å². The predicted molar refractivity (Wildman–Crippen MR) is 91.0 cm³/mol. The van der Waals surface area contributed by atoms with E-state index in [-0.39, 0.29) is 11.5 Å². The molecule has 0 aliphatic rings. The Kier molecular flexibility index (Phi) is 7.74. The highest BCUT2D eigenvalue weighted by molar-refractivity contribution is 7.91. The third-order valence-corrected chi connectivity index (χ3v) is 5.85. The normalized spacial score (nSPS) is 14.0. The van der Waals surface area contributed by atoms with E-state index in [2.05, 4.69) is 34.0 Å². The van der Waals surface area contributed by atoms with Crippen LogP contribution in [0.1, 0.15) is 31.6 Å². The first-order valence-electron chi connectivity index (χ1n) is 7.24. The van der Waals surface area contributed by atoms with Gasteiger partial charge in [-0.3, -0.25) is 4.99 Å². The van der Waals surface area contributed by atoms with Crippen molar-refractivity contribution in [3.63, 3.8) is 0 Å². The van der Waals surface area contributed by atoms with E-state index in [1.807, 2.05) is 13.0 Å². The highest BCUT2D eigenvalue weighted by atomic mass is 32.2. The molecular formula is C14H25N3O2S2. The van der Waals surface area contributed by atoms with E-state index in [0.717, 1.165) is 6.54 Å². The Hall–Kier alpha value is -1.08. The summed E-state index contributed by atoms with van der Waals surface area (Å²) in [4.78, 5) is 5.83. The van der Waals surface area contributed by atoms with Gasteiger partial charge in [0.15, 0.2) is 15.8 Å². The number of hydrogen-bond acceptors (Lipinski definition) is 4. The monoisotopic (exact) mass is 331 g/mol. The van der Waals surface area contributed by atoms with Gasteiger partial charge in [-0.2, -0.15) is 0 Å². The summed E-state index contributed by atoms with van der Waals surface area (Å²) in [7, 11) is -2.94. The molecule has 5 nitrogen and oxygen atoms in total. The van der Waals surface area contributed by atoms with Gasteiger partial charge >= 0.3 is 0 Å². The van der Waals surface area contributed by atoms with Gasteiger partial charge in [-0.25, -0.2) is 8.42 Å². The molecule has 1 aromatic rings. The van der Waals surface area contributed by atoms with Crippen LogP contribution in [0.25, 0.3) is 0 Å². The second-order valence-corrected chi connectivity index (χ2v) is 8.25. The second-order valence-electron chi connectivity index (χ2n) is 4.80. The fourth-order valence-corrected chi connectivity index (χ4v) is 3.18. The molecule has 1 rings (SSSR count). The number of thiophene rings is 1. The summed E-state index contributed by atoms with van der Waals surface area (Å²) in [6, 6.07) is 4.15. The highest BCUT2D eigenvalue weighted by Gasteiger charge is 2.09. The maximum Gasteiger partial charge on any atom is 0.191 e. The van der Waals surface area contributed by atoms with Gasteiger partial charge in [-0.15, -0.1) is 11.3 Å². The fourth-order valence-electron chi connectivity index (χ4n) is 1.70. The van der Waals surface area contributed by atoms with Crippen LogP contribution in [0, 0.1) is 0 Å². The molecule has 0 aliphatic carbocycles. The van der Waals surface area contributed by atoms with E-state index in [0.29, 0.717) is 25.0 Å². The average molecular weight is 332 g/mol. The van der Waals surface area contributed by atoms with E-state index >= 15 is 0 Å².